The van der Waals surface area contributed by atoms with Gasteiger partial charge in [-0.2, -0.15) is 0 Å². The Morgan fingerprint density at radius 2 is 2.00 bits per heavy atom. The summed E-state index contributed by atoms with van der Waals surface area (Å²) in [4.78, 5) is 15.1. The minimum Gasteiger partial charge on any atom is -0.472 e. The summed E-state index contributed by atoms with van der Waals surface area (Å²) >= 11 is 0. The highest BCUT2D eigenvalue weighted by Gasteiger charge is 2.28. The summed E-state index contributed by atoms with van der Waals surface area (Å²) in [5, 5.41) is 12.1. The van der Waals surface area contributed by atoms with E-state index in [4.69, 9.17) is 4.42 Å². The predicted octanol–water partition coefficient (Wildman–Crippen LogP) is 3.36. The maximum absolute atomic E-state index is 12.6. The molecule has 2 aromatic heterocycles. The molecule has 0 radical (unpaired) electrons. The SMILES string of the molecule is Cc1ccccc1CN1CCc2nnc([C@@H](NC(=O)c3ccoc3)C(C)C)n2CC1. The number of nitrogens with zero attached hydrogens (tertiary/aromatic N) is 4. The maximum atomic E-state index is 12.6. The zero-order chi connectivity index (χ0) is 21.1. The first-order valence-electron chi connectivity index (χ1n) is 10.5. The van der Waals surface area contributed by atoms with Crippen molar-refractivity contribution in [2.45, 2.75) is 46.3 Å². The van der Waals surface area contributed by atoms with Gasteiger partial charge in [-0.3, -0.25) is 9.69 Å². The fourth-order valence-electron chi connectivity index (χ4n) is 3.95. The Morgan fingerprint density at radius 3 is 2.73 bits per heavy atom. The van der Waals surface area contributed by atoms with Crippen LogP contribution in [0, 0.1) is 12.8 Å². The van der Waals surface area contributed by atoms with Crippen molar-refractivity contribution in [1.82, 2.24) is 25.0 Å². The zero-order valence-corrected chi connectivity index (χ0v) is 17.8. The van der Waals surface area contributed by atoms with Crippen molar-refractivity contribution in [3.05, 3.63) is 71.2 Å². The summed E-state index contributed by atoms with van der Waals surface area (Å²) in [7, 11) is 0. The summed E-state index contributed by atoms with van der Waals surface area (Å²) < 4.78 is 7.24. The van der Waals surface area contributed by atoms with E-state index in [1.807, 2.05) is 0 Å². The molecule has 7 heteroatoms. The maximum Gasteiger partial charge on any atom is 0.255 e. The fourth-order valence-corrected chi connectivity index (χ4v) is 3.95. The van der Waals surface area contributed by atoms with E-state index < -0.39 is 0 Å². The van der Waals surface area contributed by atoms with Crippen LogP contribution < -0.4 is 5.32 Å². The number of fused-ring (bicyclic) bond motifs is 1. The molecule has 0 fully saturated rings. The topological polar surface area (TPSA) is 76.2 Å². The Morgan fingerprint density at radius 1 is 1.17 bits per heavy atom. The molecule has 30 heavy (non-hydrogen) atoms. The largest absolute Gasteiger partial charge is 0.472 e. The number of aromatic nitrogens is 3. The average molecular weight is 408 g/mol. The van der Waals surface area contributed by atoms with Gasteiger partial charge >= 0.3 is 0 Å². The van der Waals surface area contributed by atoms with Crippen LogP contribution in [0.5, 0.6) is 0 Å². The third-order valence-electron chi connectivity index (χ3n) is 5.82. The molecular weight excluding hydrogens is 378 g/mol. The van der Waals surface area contributed by atoms with Gasteiger partial charge in [-0.15, -0.1) is 10.2 Å². The molecule has 0 saturated heterocycles. The van der Waals surface area contributed by atoms with E-state index in [1.54, 1.807) is 6.07 Å². The van der Waals surface area contributed by atoms with Gasteiger partial charge in [-0.25, -0.2) is 0 Å². The minimum absolute atomic E-state index is 0.158. The average Bonchev–Trinajstić information content (AvgIpc) is 3.36. The summed E-state index contributed by atoms with van der Waals surface area (Å²) in [6.45, 7) is 9.95. The molecule has 0 bridgehead atoms. The smallest absolute Gasteiger partial charge is 0.255 e. The summed E-state index contributed by atoms with van der Waals surface area (Å²) in [6.07, 6.45) is 3.81. The second-order valence-corrected chi connectivity index (χ2v) is 8.29. The summed E-state index contributed by atoms with van der Waals surface area (Å²) in [5.41, 5.74) is 3.20. The fraction of sp³-hybridized carbons (Fsp3) is 0.435. The van der Waals surface area contributed by atoms with Crippen LogP contribution in [-0.2, 0) is 19.5 Å². The molecular formula is C23H29N5O2. The van der Waals surface area contributed by atoms with Crippen LogP contribution in [0.1, 0.15) is 53.0 Å². The zero-order valence-electron chi connectivity index (χ0n) is 17.8. The van der Waals surface area contributed by atoms with Crippen molar-refractivity contribution in [2.24, 2.45) is 5.92 Å². The molecule has 0 spiro atoms. The number of carbonyl (C=O) groups is 1. The van der Waals surface area contributed by atoms with E-state index in [0.29, 0.717) is 5.56 Å². The van der Waals surface area contributed by atoms with Crippen LogP contribution in [0.2, 0.25) is 0 Å². The van der Waals surface area contributed by atoms with Crippen LogP contribution in [0.15, 0.2) is 47.3 Å². The monoisotopic (exact) mass is 407 g/mol. The van der Waals surface area contributed by atoms with Crippen LogP contribution in [0.25, 0.3) is 0 Å². The lowest BCUT2D eigenvalue weighted by Crippen LogP contribution is -2.34. The third-order valence-corrected chi connectivity index (χ3v) is 5.82. The molecule has 0 unspecified atom stereocenters. The molecule has 1 amide bonds. The lowest BCUT2D eigenvalue weighted by Gasteiger charge is -2.23. The van der Waals surface area contributed by atoms with Crippen molar-refractivity contribution in [3.8, 4) is 0 Å². The normalized spacial score (nSPS) is 15.6. The highest BCUT2D eigenvalue weighted by Crippen LogP contribution is 2.23. The third kappa shape index (κ3) is 4.31. The summed E-state index contributed by atoms with van der Waals surface area (Å²) in [6, 6.07) is 10.0. The minimum atomic E-state index is -0.212. The first-order chi connectivity index (χ1) is 14.5. The second-order valence-electron chi connectivity index (χ2n) is 8.29. The number of carbonyl (C=O) groups excluding carboxylic acids is 1. The van der Waals surface area contributed by atoms with Gasteiger partial charge in [0.05, 0.1) is 17.9 Å². The predicted molar refractivity (Wildman–Crippen MR) is 114 cm³/mol. The van der Waals surface area contributed by atoms with E-state index in [-0.39, 0.29) is 17.9 Å². The molecule has 1 N–H and O–H groups in total. The van der Waals surface area contributed by atoms with E-state index in [0.717, 1.165) is 44.2 Å². The lowest BCUT2D eigenvalue weighted by atomic mass is 10.0. The van der Waals surface area contributed by atoms with Crippen LogP contribution in [0.3, 0.4) is 0 Å². The Balaban J connectivity index is 1.49. The molecule has 0 saturated carbocycles. The first-order valence-corrected chi connectivity index (χ1v) is 10.5. The Labute approximate surface area is 177 Å². The van der Waals surface area contributed by atoms with Gasteiger partial charge in [-0.1, -0.05) is 38.1 Å². The van der Waals surface area contributed by atoms with Gasteiger partial charge in [0.2, 0.25) is 0 Å². The molecule has 1 atom stereocenters. The van der Waals surface area contributed by atoms with Gasteiger partial charge in [0.1, 0.15) is 12.1 Å². The molecule has 3 aromatic rings. The van der Waals surface area contributed by atoms with Crippen molar-refractivity contribution in [3.63, 3.8) is 0 Å². The molecule has 3 heterocycles. The Hall–Kier alpha value is -2.93. The number of aryl methyl sites for hydroxylation is 1. The van der Waals surface area contributed by atoms with Crippen LogP contribution in [0.4, 0.5) is 0 Å². The Bertz CT molecular complexity index is 993. The Kier molecular flexibility index (Phi) is 5.99. The number of furan rings is 1. The number of rotatable bonds is 6. The van der Waals surface area contributed by atoms with Gasteiger partial charge < -0.3 is 14.3 Å². The van der Waals surface area contributed by atoms with E-state index in [9.17, 15) is 4.79 Å². The van der Waals surface area contributed by atoms with Crippen molar-refractivity contribution >= 4 is 5.91 Å². The number of nitrogens with one attached hydrogen (secondary N) is 1. The second kappa shape index (κ2) is 8.83. The quantitative estimate of drug-likeness (QED) is 0.678. The molecule has 0 aliphatic carbocycles. The number of amides is 1. The molecule has 1 aliphatic heterocycles. The summed E-state index contributed by atoms with van der Waals surface area (Å²) in [5.74, 6) is 1.84. The van der Waals surface area contributed by atoms with Gasteiger partial charge in [0, 0.05) is 32.6 Å². The molecule has 4 rings (SSSR count). The van der Waals surface area contributed by atoms with Gasteiger partial charge in [0.15, 0.2) is 5.82 Å². The lowest BCUT2D eigenvalue weighted by molar-refractivity contribution is 0.0921. The standard InChI is InChI=1S/C23H29N5O2/c1-16(2)21(24-23(29)19-9-13-30-15-19)22-26-25-20-8-10-27(11-12-28(20)22)14-18-7-5-4-6-17(18)3/h4-7,9,13,15-16,21H,8,10-12,14H2,1-3H3,(H,24,29)/t21-/m0/s1. The number of hydrogen-bond donors (Lipinski definition) is 1. The van der Waals surface area contributed by atoms with E-state index in [1.165, 1.54) is 23.7 Å². The molecule has 1 aliphatic rings. The highest BCUT2D eigenvalue weighted by atomic mass is 16.3. The first kappa shape index (κ1) is 20.3. The van der Waals surface area contributed by atoms with E-state index >= 15 is 0 Å². The molecule has 158 valence electrons. The van der Waals surface area contributed by atoms with Crippen LogP contribution in [-0.4, -0.2) is 38.7 Å². The molecule has 1 aromatic carbocycles. The van der Waals surface area contributed by atoms with Gasteiger partial charge in [0.25, 0.3) is 5.91 Å². The number of hydrogen-bond acceptors (Lipinski definition) is 5. The van der Waals surface area contributed by atoms with Crippen LogP contribution >= 0.6 is 0 Å². The molecule has 7 nitrogen and oxygen atoms in total. The van der Waals surface area contributed by atoms with Gasteiger partial charge in [-0.05, 0) is 30.0 Å². The van der Waals surface area contributed by atoms with E-state index in [2.05, 4.69) is 70.0 Å². The van der Waals surface area contributed by atoms with Crippen molar-refractivity contribution < 1.29 is 9.21 Å². The number of benzene rings is 1. The highest BCUT2D eigenvalue weighted by molar-refractivity contribution is 5.94. The van der Waals surface area contributed by atoms with Crippen molar-refractivity contribution in [1.29, 1.82) is 0 Å². The van der Waals surface area contributed by atoms with Crippen molar-refractivity contribution in [2.75, 3.05) is 13.1 Å².